The molecule has 1 rings (SSSR count). The standard InChI is InChI=1S/C12H24BrNO/c1-15-11-5-4-10-14-9-3-2-6-12(14)7-8-13/h12H,2-11H2,1H3. The summed E-state index contributed by atoms with van der Waals surface area (Å²) in [5.41, 5.74) is 0. The first-order valence-electron chi connectivity index (χ1n) is 6.17. The second-order valence-corrected chi connectivity index (χ2v) is 5.16. The minimum atomic E-state index is 0.834. The summed E-state index contributed by atoms with van der Waals surface area (Å²) in [5.74, 6) is 0. The third-order valence-corrected chi connectivity index (χ3v) is 3.69. The second-order valence-electron chi connectivity index (χ2n) is 4.36. The van der Waals surface area contributed by atoms with E-state index in [4.69, 9.17) is 4.74 Å². The molecule has 0 amide bonds. The van der Waals surface area contributed by atoms with Crippen molar-refractivity contribution in [1.29, 1.82) is 0 Å². The van der Waals surface area contributed by atoms with Crippen molar-refractivity contribution in [3.63, 3.8) is 0 Å². The van der Waals surface area contributed by atoms with E-state index in [1.807, 2.05) is 0 Å². The van der Waals surface area contributed by atoms with Crippen LogP contribution in [-0.4, -0.2) is 43.1 Å². The van der Waals surface area contributed by atoms with Gasteiger partial charge in [0.2, 0.25) is 0 Å². The van der Waals surface area contributed by atoms with E-state index >= 15 is 0 Å². The van der Waals surface area contributed by atoms with E-state index in [2.05, 4.69) is 20.8 Å². The summed E-state index contributed by atoms with van der Waals surface area (Å²) < 4.78 is 5.08. The van der Waals surface area contributed by atoms with E-state index in [0.29, 0.717) is 0 Å². The maximum Gasteiger partial charge on any atom is 0.0462 e. The van der Waals surface area contributed by atoms with Crippen molar-refractivity contribution in [2.75, 3.05) is 32.1 Å². The summed E-state index contributed by atoms with van der Waals surface area (Å²) in [7, 11) is 1.79. The lowest BCUT2D eigenvalue weighted by molar-refractivity contribution is 0.133. The molecule has 0 saturated carbocycles. The summed E-state index contributed by atoms with van der Waals surface area (Å²) in [6.07, 6.45) is 8.01. The molecule has 1 atom stereocenters. The van der Waals surface area contributed by atoms with Crippen molar-refractivity contribution >= 4 is 15.9 Å². The van der Waals surface area contributed by atoms with Crippen LogP contribution >= 0.6 is 15.9 Å². The Bertz CT molecular complexity index is 153. The number of nitrogens with zero attached hydrogens (tertiary/aromatic N) is 1. The molecule has 1 fully saturated rings. The molecule has 0 aliphatic carbocycles. The SMILES string of the molecule is COCCCCN1CCCCC1CCBr. The van der Waals surface area contributed by atoms with Crippen molar-refractivity contribution in [3.05, 3.63) is 0 Å². The first-order valence-corrected chi connectivity index (χ1v) is 7.29. The highest BCUT2D eigenvalue weighted by molar-refractivity contribution is 9.09. The Morgan fingerprint density at radius 1 is 1.33 bits per heavy atom. The molecule has 15 heavy (non-hydrogen) atoms. The molecule has 3 heteroatoms. The number of rotatable bonds is 7. The lowest BCUT2D eigenvalue weighted by Crippen LogP contribution is -2.40. The molecule has 1 aliphatic rings. The molecule has 1 saturated heterocycles. The Hall–Kier alpha value is 0.400. The van der Waals surface area contributed by atoms with E-state index in [-0.39, 0.29) is 0 Å². The molecule has 2 nitrogen and oxygen atoms in total. The van der Waals surface area contributed by atoms with E-state index in [1.165, 1.54) is 51.6 Å². The van der Waals surface area contributed by atoms with Crippen molar-refractivity contribution in [3.8, 4) is 0 Å². The fraction of sp³-hybridized carbons (Fsp3) is 1.00. The van der Waals surface area contributed by atoms with Gasteiger partial charge in [0.25, 0.3) is 0 Å². The second kappa shape index (κ2) is 8.54. The van der Waals surface area contributed by atoms with Gasteiger partial charge in [0.15, 0.2) is 0 Å². The largest absolute Gasteiger partial charge is 0.385 e. The number of halogens is 1. The topological polar surface area (TPSA) is 12.5 Å². The molecule has 0 N–H and O–H groups in total. The third-order valence-electron chi connectivity index (χ3n) is 3.24. The number of likely N-dealkylation sites (tertiary alicyclic amines) is 1. The summed E-state index contributed by atoms with van der Waals surface area (Å²) >= 11 is 3.56. The van der Waals surface area contributed by atoms with E-state index in [9.17, 15) is 0 Å². The first-order chi connectivity index (χ1) is 7.38. The minimum Gasteiger partial charge on any atom is -0.385 e. The summed E-state index contributed by atoms with van der Waals surface area (Å²) in [4.78, 5) is 2.68. The number of methoxy groups -OCH3 is 1. The molecular formula is C12H24BrNO. The zero-order chi connectivity index (χ0) is 10.9. The number of alkyl halides is 1. The zero-order valence-electron chi connectivity index (χ0n) is 9.88. The van der Waals surface area contributed by atoms with Gasteiger partial charge in [-0.25, -0.2) is 0 Å². The summed E-state index contributed by atoms with van der Waals surface area (Å²) in [6, 6.07) is 0.834. The predicted octanol–water partition coefficient (Wildman–Crippen LogP) is 3.05. The van der Waals surface area contributed by atoms with Crippen LogP contribution in [-0.2, 0) is 4.74 Å². The predicted molar refractivity (Wildman–Crippen MR) is 68.7 cm³/mol. The maximum absolute atomic E-state index is 5.08. The van der Waals surface area contributed by atoms with Gasteiger partial charge < -0.3 is 9.64 Å². The number of hydrogen-bond donors (Lipinski definition) is 0. The quantitative estimate of drug-likeness (QED) is 0.524. The van der Waals surface area contributed by atoms with E-state index < -0.39 is 0 Å². The first kappa shape index (κ1) is 13.5. The van der Waals surface area contributed by atoms with Crippen LogP contribution in [0.4, 0.5) is 0 Å². The van der Waals surface area contributed by atoms with Gasteiger partial charge in [-0.2, -0.15) is 0 Å². The highest BCUT2D eigenvalue weighted by atomic mass is 79.9. The average Bonchev–Trinajstić information content (AvgIpc) is 2.27. The Morgan fingerprint density at radius 3 is 2.93 bits per heavy atom. The molecule has 90 valence electrons. The van der Waals surface area contributed by atoms with Gasteiger partial charge in [-0.3, -0.25) is 0 Å². The van der Waals surface area contributed by atoms with Crippen LogP contribution in [0.1, 0.15) is 38.5 Å². The van der Waals surface area contributed by atoms with E-state index in [1.54, 1.807) is 7.11 Å². The monoisotopic (exact) mass is 277 g/mol. The Kier molecular flexibility index (Phi) is 7.67. The molecule has 1 unspecified atom stereocenters. The lowest BCUT2D eigenvalue weighted by Gasteiger charge is -2.35. The van der Waals surface area contributed by atoms with Crippen LogP contribution in [0.2, 0.25) is 0 Å². The van der Waals surface area contributed by atoms with Crippen LogP contribution in [0.3, 0.4) is 0 Å². The smallest absolute Gasteiger partial charge is 0.0462 e. The van der Waals surface area contributed by atoms with Gasteiger partial charge in [0.1, 0.15) is 0 Å². The van der Waals surface area contributed by atoms with Crippen LogP contribution in [0.15, 0.2) is 0 Å². The molecule has 0 radical (unpaired) electrons. The lowest BCUT2D eigenvalue weighted by atomic mass is 10.00. The van der Waals surface area contributed by atoms with Gasteiger partial charge in [0.05, 0.1) is 0 Å². The van der Waals surface area contributed by atoms with Crippen molar-refractivity contribution < 1.29 is 4.74 Å². The third kappa shape index (κ3) is 5.32. The molecule has 1 heterocycles. The number of piperidine rings is 1. The zero-order valence-corrected chi connectivity index (χ0v) is 11.5. The Labute approximate surface area is 102 Å². The fourth-order valence-corrected chi connectivity index (χ4v) is 2.90. The van der Waals surface area contributed by atoms with Crippen LogP contribution in [0.5, 0.6) is 0 Å². The number of ether oxygens (including phenoxy) is 1. The van der Waals surface area contributed by atoms with Crippen LogP contribution in [0, 0.1) is 0 Å². The molecule has 0 aromatic carbocycles. The Balaban J connectivity index is 2.17. The highest BCUT2D eigenvalue weighted by Gasteiger charge is 2.20. The van der Waals surface area contributed by atoms with Crippen molar-refractivity contribution in [2.24, 2.45) is 0 Å². The van der Waals surface area contributed by atoms with Gasteiger partial charge >= 0.3 is 0 Å². The van der Waals surface area contributed by atoms with Crippen LogP contribution in [0.25, 0.3) is 0 Å². The number of hydrogen-bond acceptors (Lipinski definition) is 2. The summed E-state index contributed by atoms with van der Waals surface area (Å²) in [6.45, 7) is 3.49. The van der Waals surface area contributed by atoms with Crippen LogP contribution < -0.4 is 0 Å². The van der Waals surface area contributed by atoms with Gasteiger partial charge in [-0.1, -0.05) is 22.4 Å². The normalized spacial score (nSPS) is 23.2. The van der Waals surface area contributed by atoms with Gasteiger partial charge in [0, 0.05) is 25.1 Å². The van der Waals surface area contributed by atoms with Gasteiger partial charge in [-0.15, -0.1) is 0 Å². The van der Waals surface area contributed by atoms with Crippen molar-refractivity contribution in [2.45, 2.75) is 44.6 Å². The summed E-state index contributed by atoms with van der Waals surface area (Å²) in [5, 5.41) is 1.15. The fourth-order valence-electron chi connectivity index (χ4n) is 2.37. The van der Waals surface area contributed by atoms with E-state index in [0.717, 1.165) is 18.0 Å². The Morgan fingerprint density at radius 2 is 2.20 bits per heavy atom. The minimum absolute atomic E-state index is 0.834. The van der Waals surface area contributed by atoms with Crippen molar-refractivity contribution in [1.82, 2.24) is 4.90 Å². The molecule has 0 aromatic heterocycles. The molecule has 0 spiro atoms. The maximum atomic E-state index is 5.08. The number of unbranched alkanes of at least 4 members (excludes halogenated alkanes) is 1. The van der Waals surface area contributed by atoms with Gasteiger partial charge in [-0.05, 0) is 45.2 Å². The average molecular weight is 278 g/mol. The molecule has 0 bridgehead atoms. The molecule has 1 aliphatic heterocycles. The molecule has 0 aromatic rings. The molecular weight excluding hydrogens is 254 g/mol. The highest BCUT2D eigenvalue weighted by Crippen LogP contribution is 2.20.